The van der Waals surface area contributed by atoms with Gasteiger partial charge in [0.1, 0.15) is 29.0 Å². The summed E-state index contributed by atoms with van der Waals surface area (Å²) in [5.74, 6) is -4.36. The molecule has 0 saturated heterocycles. The molecule has 5 nitrogen and oxygen atoms in total. The second-order valence-corrected chi connectivity index (χ2v) is 13.5. The summed E-state index contributed by atoms with van der Waals surface area (Å²) in [4.78, 5) is 28.2. The number of rotatable bonds is 17. The molecule has 1 aliphatic heterocycles. The minimum atomic E-state index is -1.11. The Morgan fingerprint density at radius 2 is 1.51 bits per heavy atom. The van der Waals surface area contributed by atoms with Crippen molar-refractivity contribution in [2.75, 3.05) is 11.5 Å². The average Bonchev–Trinajstić information content (AvgIpc) is 3.03. The molecule has 3 aromatic carbocycles. The van der Waals surface area contributed by atoms with Gasteiger partial charge in [-0.2, -0.15) is 0 Å². The Morgan fingerprint density at radius 3 is 2.17 bits per heavy atom. The lowest BCUT2D eigenvalue weighted by Gasteiger charge is -2.33. The van der Waals surface area contributed by atoms with Crippen LogP contribution in [0.4, 0.5) is 23.2 Å². The highest BCUT2D eigenvalue weighted by molar-refractivity contribution is 8.01. The lowest BCUT2D eigenvalue weighted by atomic mass is 10.1. The van der Waals surface area contributed by atoms with Crippen molar-refractivity contribution in [3.63, 3.8) is 0 Å². The number of ether oxygens (including phenoxy) is 1. The molecule has 3 aromatic rings. The number of nitrogens with one attached hydrogen (secondary N) is 1. The summed E-state index contributed by atoms with van der Waals surface area (Å²) in [6.07, 6.45) is 12.0. The van der Waals surface area contributed by atoms with E-state index >= 15 is 4.39 Å². The van der Waals surface area contributed by atoms with Crippen LogP contribution in [0.3, 0.4) is 0 Å². The molecular formula is C36H41ClF4N2O3S. The maximum Gasteiger partial charge on any atom is 0.251 e. The van der Waals surface area contributed by atoms with Crippen LogP contribution in [0.1, 0.15) is 99.5 Å². The number of nitrogens with zero attached hydrogens (tertiary/aromatic N) is 1. The topological polar surface area (TPSA) is 58.6 Å². The number of hydrogen-bond acceptors (Lipinski definition) is 4. The number of carbonyl (C=O) groups is 2. The van der Waals surface area contributed by atoms with Gasteiger partial charge in [-0.1, -0.05) is 76.3 Å². The number of hydrogen-bond donors (Lipinski definition) is 1. The van der Waals surface area contributed by atoms with E-state index in [0.29, 0.717) is 35.1 Å². The lowest BCUT2D eigenvalue weighted by Crippen LogP contribution is -2.39. The summed E-state index contributed by atoms with van der Waals surface area (Å²) in [7, 11) is 0. The van der Waals surface area contributed by atoms with Gasteiger partial charge in [-0.3, -0.25) is 9.59 Å². The van der Waals surface area contributed by atoms with Crippen molar-refractivity contribution in [3.05, 3.63) is 87.4 Å². The number of fused-ring (bicyclic) bond motifs is 1. The van der Waals surface area contributed by atoms with E-state index in [4.69, 9.17) is 16.3 Å². The quantitative estimate of drug-likeness (QED) is 0.113. The first kappa shape index (κ1) is 36.6. The van der Waals surface area contributed by atoms with E-state index in [0.717, 1.165) is 19.3 Å². The van der Waals surface area contributed by atoms with Crippen molar-refractivity contribution >= 4 is 40.9 Å². The van der Waals surface area contributed by atoms with Gasteiger partial charge < -0.3 is 15.0 Å². The molecule has 2 amide bonds. The van der Waals surface area contributed by atoms with Gasteiger partial charge >= 0.3 is 0 Å². The van der Waals surface area contributed by atoms with Crippen LogP contribution in [-0.4, -0.2) is 23.7 Å². The molecular weight excluding hydrogens is 652 g/mol. The van der Waals surface area contributed by atoms with Crippen LogP contribution in [0, 0.1) is 23.3 Å². The minimum Gasteiger partial charge on any atom is -0.492 e. The molecule has 0 aliphatic carbocycles. The van der Waals surface area contributed by atoms with Crippen molar-refractivity contribution in [2.24, 2.45) is 0 Å². The number of halogens is 5. The maximum absolute atomic E-state index is 15.1. The Labute approximate surface area is 283 Å². The maximum atomic E-state index is 15.1. The van der Waals surface area contributed by atoms with E-state index in [-0.39, 0.29) is 28.6 Å². The lowest BCUT2D eigenvalue weighted by molar-refractivity contribution is -0.118. The molecule has 4 rings (SSSR count). The zero-order valence-electron chi connectivity index (χ0n) is 26.8. The third-order valence-corrected chi connectivity index (χ3v) is 9.73. The molecule has 0 saturated carbocycles. The summed E-state index contributed by atoms with van der Waals surface area (Å²) < 4.78 is 62.3. The standard InChI is InChI=1S/C36H41ClF4N2O3S/c1-3-4-5-6-7-8-9-10-11-12-17-46-32-16-14-28(39)27(34(32)37)22-43-31-15-13-24(18-33(31)47-23(2)36(43)45)35(44)42-21-26-29(40)19-25(38)20-30(26)41/h13-16,18-20,23H,3-12,17,21-22H2,1-2H3,(H,42,44). The largest absolute Gasteiger partial charge is 0.492 e. The van der Waals surface area contributed by atoms with Crippen molar-refractivity contribution in [2.45, 2.75) is 101 Å². The number of amides is 2. The van der Waals surface area contributed by atoms with Crippen molar-refractivity contribution in [3.8, 4) is 5.75 Å². The van der Waals surface area contributed by atoms with Gasteiger partial charge in [-0.05, 0) is 43.7 Å². The number of carbonyl (C=O) groups excluding carboxylic acids is 2. The van der Waals surface area contributed by atoms with E-state index in [1.807, 2.05) is 0 Å². The van der Waals surface area contributed by atoms with Gasteiger partial charge in [0.2, 0.25) is 5.91 Å². The molecule has 0 spiro atoms. The number of unbranched alkanes of at least 4 members (excludes halogenated alkanes) is 9. The van der Waals surface area contributed by atoms with Gasteiger partial charge in [0.25, 0.3) is 5.91 Å². The molecule has 11 heteroatoms. The second-order valence-electron chi connectivity index (χ2n) is 11.8. The monoisotopic (exact) mass is 692 g/mol. The number of anilines is 1. The van der Waals surface area contributed by atoms with Crippen molar-refractivity contribution in [1.29, 1.82) is 0 Å². The van der Waals surface area contributed by atoms with Crippen LogP contribution in [-0.2, 0) is 17.9 Å². The molecule has 0 radical (unpaired) electrons. The Balaban J connectivity index is 1.37. The Bertz CT molecular complexity index is 1530. The summed E-state index contributed by atoms with van der Waals surface area (Å²) in [6.45, 7) is 3.74. The zero-order chi connectivity index (χ0) is 33.9. The smallest absolute Gasteiger partial charge is 0.251 e. The SMILES string of the molecule is CCCCCCCCCCCCOc1ccc(F)c(CN2C(=O)C(C)Sc3cc(C(=O)NCc4c(F)cc(F)cc4F)ccc32)c1Cl. The van der Waals surface area contributed by atoms with E-state index < -0.39 is 46.5 Å². The average molecular weight is 693 g/mol. The first-order chi connectivity index (χ1) is 22.6. The number of benzene rings is 3. The molecule has 0 aromatic heterocycles. The van der Waals surface area contributed by atoms with Crippen LogP contribution >= 0.6 is 23.4 Å². The zero-order valence-corrected chi connectivity index (χ0v) is 28.4. The van der Waals surface area contributed by atoms with Gasteiger partial charge in [0.05, 0.1) is 29.1 Å². The minimum absolute atomic E-state index is 0.105. The highest BCUT2D eigenvalue weighted by Gasteiger charge is 2.33. The van der Waals surface area contributed by atoms with E-state index in [9.17, 15) is 22.8 Å². The first-order valence-electron chi connectivity index (χ1n) is 16.2. The van der Waals surface area contributed by atoms with Gasteiger partial charge in [0.15, 0.2) is 0 Å². The Kier molecular flexibility index (Phi) is 13.8. The third-order valence-electron chi connectivity index (χ3n) is 8.18. The number of thioether (sulfide) groups is 1. The summed E-state index contributed by atoms with van der Waals surface area (Å²) in [5, 5.41) is 2.01. The summed E-state index contributed by atoms with van der Waals surface area (Å²) in [6, 6.07) is 8.46. The van der Waals surface area contributed by atoms with Gasteiger partial charge in [-0.25, -0.2) is 17.6 Å². The molecule has 1 N–H and O–H groups in total. The fraction of sp³-hybridized carbons (Fsp3) is 0.444. The molecule has 1 aliphatic rings. The second kappa shape index (κ2) is 17.8. The van der Waals surface area contributed by atoms with Gasteiger partial charge in [0, 0.05) is 40.3 Å². The molecule has 47 heavy (non-hydrogen) atoms. The fourth-order valence-electron chi connectivity index (χ4n) is 5.49. The van der Waals surface area contributed by atoms with E-state index in [1.165, 1.54) is 79.8 Å². The molecule has 0 bridgehead atoms. The molecule has 1 atom stereocenters. The van der Waals surface area contributed by atoms with Crippen LogP contribution < -0.4 is 15.0 Å². The highest BCUT2D eigenvalue weighted by Crippen LogP contribution is 2.42. The van der Waals surface area contributed by atoms with Crippen LogP contribution in [0.15, 0.2) is 47.4 Å². The third kappa shape index (κ3) is 9.89. The van der Waals surface area contributed by atoms with Crippen molar-refractivity contribution in [1.82, 2.24) is 5.32 Å². The Morgan fingerprint density at radius 1 is 0.872 bits per heavy atom. The Hall–Kier alpha value is -3.24. The normalized spacial score (nSPS) is 14.3. The highest BCUT2D eigenvalue weighted by atomic mass is 35.5. The van der Waals surface area contributed by atoms with Gasteiger partial charge in [-0.15, -0.1) is 11.8 Å². The fourth-order valence-corrected chi connectivity index (χ4v) is 6.86. The molecule has 1 heterocycles. The summed E-state index contributed by atoms with van der Waals surface area (Å²) in [5.41, 5.74) is 0.312. The predicted octanol–water partition coefficient (Wildman–Crippen LogP) is 10.2. The van der Waals surface area contributed by atoms with Crippen LogP contribution in [0.2, 0.25) is 5.02 Å². The van der Waals surface area contributed by atoms with E-state index in [1.54, 1.807) is 19.1 Å². The molecule has 0 fully saturated rings. The molecule has 254 valence electrons. The van der Waals surface area contributed by atoms with Crippen molar-refractivity contribution < 1.29 is 31.9 Å². The van der Waals surface area contributed by atoms with Crippen LogP contribution in [0.5, 0.6) is 5.75 Å². The predicted molar refractivity (Wildman–Crippen MR) is 179 cm³/mol. The summed E-state index contributed by atoms with van der Waals surface area (Å²) >= 11 is 7.86. The first-order valence-corrected chi connectivity index (χ1v) is 17.5. The van der Waals surface area contributed by atoms with Crippen LogP contribution in [0.25, 0.3) is 0 Å². The van der Waals surface area contributed by atoms with E-state index in [2.05, 4.69) is 12.2 Å². The molecule has 1 unspecified atom stereocenters.